The van der Waals surface area contributed by atoms with E-state index in [9.17, 15) is 14.7 Å². The van der Waals surface area contributed by atoms with Crippen LogP contribution in [0.25, 0.3) is 0 Å². The number of carbonyl (C=O) groups is 2. The lowest BCUT2D eigenvalue weighted by Crippen LogP contribution is -2.36. The largest absolute Gasteiger partial charge is 0.495 e. The molecule has 0 fully saturated rings. The third-order valence-electron chi connectivity index (χ3n) is 3.10. The first kappa shape index (κ1) is 16.3. The first-order valence-electron chi connectivity index (χ1n) is 6.27. The molecule has 0 aliphatic carbocycles. The summed E-state index contributed by atoms with van der Waals surface area (Å²) in [6.45, 7) is 3.61. The van der Waals surface area contributed by atoms with Gasteiger partial charge in [0.15, 0.2) is 6.04 Å². The minimum atomic E-state index is -1.14. The summed E-state index contributed by atoms with van der Waals surface area (Å²) in [6, 6.07) is 3.50. The molecule has 2 atom stereocenters. The lowest BCUT2D eigenvalue weighted by molar-refractivity contribution is -0.142. The number of nitrogens with one attached hydrogen (secondary N) is 1. The van der Waals surface area contributed by atoms with E-state index in [1.807, 2.05) is 6.92 Å². The van der Waals surface area contributed by atoms with Gasteiger partial charge in [0.05, 0.1) is 12.1 Å². The van der Waals surface area contributed by atoms with Crippen molar-refractivity contribution in [2.75, 3.05) is 7.11 Å². The highest BCUT2D eigenvalue weighted by atomic mass is 35.5. The number of carbonyl (C=O) groups excluding carboxylic acids is 1. The number of aliphatic carboxylic acids is 1. The highest BCUT2D eigenvalue weighted by Gasteiger charge is 2.24. The van der Waals surface area contributed by atoms with Crippen LogP contribution < -0.4 is 10.1 Å². The number of amides is 1. The van der Waals surface area contributed by atoms with Gasteiger partial charge in [-0.15, -0.1) is 0 Å². The van der Waals surface area contributed by atoms with Crippen LogP contribution in [0, 0.1) is 5.92 Å². The molecule has 6 heteroatoms. The van der Waals surface area contributed by atoms with Gasteiger partial charge in [-0.05, 0) is 24.1 Å². The molecule has 0 heterocycles. The number of benzene rings is 1. The summed E-state index contributed by atoms with van der Waals surface area (Å²) in [7, 11) is 1.47. The molecule has 1 aromatic rings. The fourth-order valence-electron chi connectivity index (χ4n) is 1.62. The summed E-state index contributed by atoms with van der Waals surface area (Å²) in [5.74, 6) is -1.23. The Kier molecular flexibility index (Phi) is 5.82. The van der Waals surface area contributed by atoms with Crippen LogP contribution in [0.15, 0.2) is 18.2 Å². The van der Waals surface area contributed by atoms with Crippen molar-refractivity contribution in [2.45, 2.75) is 26.3 Å². The minimum absolute atomic E-state index is 0.245. The molecule has 0 saturated heterocycles. The van der Waals surface area contributed by atoms with E-state index in [4.69, 9.17) is 16.3 Å². The van der Waals surface area contributed by atoms with Gasteiger partial charge in [-0.2, -0.15) is 0 Å². The third-order valence-corrected chi connectivity index (χ3v) is 3.40. The van der Waals surface area contributed by atoms with E-state index in [-0.39, 0.29) is 11.8 Å². The Morgan fingerprint density at radius 2 is 2.10 bits per heavy atom. The van der Waals surface area contributed by atoms with Gasteiger partial charge in [-0.25, -0.2) is 4.79 Å². The van der Waals surface area contributed by atoms with E-state index in [2.05, 4.69) is 5.32 Å². The molecule has 0 aromatic heterocycles. The van der Waals surface area contributed by atoms with Crippen molar-refractivity contribution in [1.29, 1.82) is 0 Å². The molecule has 0 aliphatic heterocycles. The summed E-state index contributed by atoms with van der Waals surface area (Å²) < 4.78 is 5.01. The molecule has 0 aliphatic rings. The predicted octanol–water partition coefficient (Wildman–Crippen LogP) is 2.64. The van der Waals surface area contributed by atoms with E-state index in [0.717, 1.165) is 0 Å². The summed E-state index contributed by atoms with van der Waals surface area (Å²) in [4.78, 5) is 23.2. The molecule has 110 valence electrons. The van der Waals surface area contributed by atoms with Crippen molar-refractivity contribution in [3.05, 3.63) is 28.8 Å². The van der Waals surface area contributed by atoms with Crippen LogP contribution in [0.3, 0.4) is 0 Å². The van der Waals surface area contributed by atoms with Crippen molar-refractivity contribution in [1.82, 2.24) is 5.32 Å². The number of halogens is 1. The zero-order chi connectivity index (χ0) is 15.3. The smallest absolute Gasteiger partial charge is 0.330 e. The number of ether oxygens (including phenoxy) is 1. The maximum atomic E-state index is 11.8. The van der Waals surface area contributed by atoms with Crippen molar-refractivity contribution < 1.29 is 19.4 Å². The van der Waals surface area contributed by atoms with Crippen molar-refractivity contribution in [3.63, 3.8) is 0 Å². The summed E-state index contributed by atoms with van der Waals surface area (Å²) >= 11 is 5.97. The van der Waals surface area contributed by atoms with E-state index in [1.54, 1.807) is 19.1 Å². The quantitative estimate of drug-likeness (QED) is 0.846. The second-order valence-corrected chi connectivity index (χ2v) is 4.89. The molecule has 0 saturated carbocycles. The predicted molar refractivity (Wildman–Crippen MR) is 76.0 cm³/mol. The van der Waals surface area contributed by atoms with Crippen molar-refractivity contribution >= 4 is 23.5 Å². The Balaban J connectivity index is 3.00. The molecule has 0 spiro atoms. The fraction of sp³-hybridized carbons (Fsp3) is 0.429. The van der Waals surface area contributed by atoms with E-state index < -0.39 is 12.0 Å². The van der Waals surface area contributed by atoms with Crippen molar-refractivity contribution in [3.8, 4) is 5.75 Å². The Labute approximate surface area is 122 Å². The summed E-state index contributed by atoms with van der Waals surface area (Å²) in [5, 5.41) is 12.1. The monoisotopic (exact) mass is 299 g/mol. The average Bonchev–Trinajstić information content (AvgIpc) is 2.43. The highest BCUT2D eigenvalue weighted by molar-refractivity contribution is 6.32. The average molecular weight is 300 g/mol. The number of methoxy groups -OCH3 is 1. The van der Waals surface area contributed by atoms with Gasteiger partial charge < -0.3 is 15.2 Å². The summed E-state index contributed by atoms with van der Waals surface area (Å²) in [5.41, 5.74) is 0.403. The maximum absolute atomic E-state index is 11.8. The van der Waals surface area contributed by atoms with Crippen LogP contribution in [0.2, 0.25) is 5.02 Å². The van der Waals surface area contributed by atoms with Crippen LogP contribution >= 0.6 is 11.6 Å². The number of carboxylic acid groups (broad SMARTS) is 1. The Morgan fingerprint density at radius 1 is 1.45 bits per heavy atom. The maximum Gasteiger partial charge on any atom is 0.330 e. The third kappa shape index (κ3) is 3.87. The molecule has 20 heavy (non-hydrogen) atoms. The van der Waals surface area contributed by atoms with Gasteiger partial charge in [0.2, 0.25) is 5.91 Å². The second kappa shape index (κ2) is 7.14. The standard InChI is InChI=1S/C14H18ClNO4/c1-4-8(2)13(17)16-12(14(18)19)9-5-6-11(20-3)10(15)7-9/h5-8,12H,4H2,1-3H3,(H,16,17)(H,18,19). The molecule has 2 unspecified atom stereocenters. The number of carboxylic acids is 1. The molecule has 1 amide bonds. The van der Waals surface area contributed by atoms with Crippen LogP contribution in [0.1, 0.15) is 31.9 Å². The van der Waals surface area contributed by atoms with Gasteiger partial charge in [0.25, 0.3) is 0 Å². The van der Waals surface area contributed by atoms with Gasteiger partial charge in [0.1, 0.15) is 5.75 Å². The fourth-order valence-corrected chi connectivity index (χ4v) is 1.89. The minimum Gasteiger partial charge on any atom is -0.495 e. The topological polar surface area (TPSA) is 75.6 Å². The van der Waals surface area contributed by atoms with Crippen molar-refractivity contribution in [2.24, 2.45) is 5.92 Å². The van der Waals surface area contributed by atoms with Crippen LogP contribution in [-0.2, 0) is 9.59 Å². The molecular formula is C14H18ClNO4. The molecular weight excluding hydrogens is 282 g/mol. The van der Waals surface area contributed by atoms with E-state index in [0.29, 0.717) is 22.8 Å². The van der Waals surface area contributed by atoms with Gasteiger partial charge in [-0.3, -0.25) is 4.79 Å². The molecule has 0 radical (unpaired) electrons. The zero-order valence-corrected chi connectivity index (χ0v) is 12.4. The van der Waals surface area contributed by atoms with E-state index >= 15 is 0 Å². The van der Waals surface area contributed by atoms with Crippen LogP contribution in [0.5, 0.6) is 5.75 Å². The van der Waals surface area contributed by atoms with Gasteiger partial charge >= 0.3 is 5.97 Å². The van der Waals surface area contributed by atoms with E-state index in [1.165, 1.54) is 13.2 Å². The Morgan fingerprint density at radius 3 is 2.55 bits per heavy atom. The number of rotatable bonds is 6. The zero-order valence-electron chi connectivity index (χ0n) is 11.6. The molecule has 1 rings (SSSR count). The second-order valence-electron chi connectivity index (χ2n) is 4.48. The highest BCUT2D eigenvalue weighted by Crippen LogP contribution is 2.28. The molecule has 2 N–H and O–H groups in total. The van der Waals surface area contributed by atoms with Crippen LogP contribution in [-0.4, -0.2) is 24.1 Å². The number of hydrogen-bond donors (Lipinski definition) is 2. The summed E-state index contributed by atoms with van der Waals surface area (Å²) in [6.07, 6.45) is 0.640. The van der Waals surface area contributed by atoms with Gasteiger partial charge in [-0.1, -0.05) is 31.5 Å². The lowest BCUT2D eigenvalue weighted by Gasteiger charge is -2.18. The normalized spacial score (nSPS) is 13.4. The number of hydrogen-bond acceptors (Lipinski definition) is 3. The molecule has 1 aromatic carbocycles. The molecule has 5 nitrogen and oxygen atoms in total. The van der Waals surface area contributed by atoms with Crippen LogP contribution in [0.4, 0.5) is 0 Å². The Hall–Kier alpha value is -1.75. The lowest BCUT2D eigenvalue weighted by atomic mass is 10.0. The Bertz CT molecular complexity index is 504. The van der Waals surface area contributed by atoms with Gasteiger partial charge in [0, 0.05) is 5.92 Å². The SMILES string of the molecule is CCC(C)C(=O)NC(C(=O)O)c1ccc(OC)c(Cl)c1. The first-order chi connectivity index (χ1) is 9.40. The first-order valence-corrected chi connectivity index (χ1v) is 6.65. The molecule has 0 bridgehead atoms.